The van der Waals surface area contributed by atoms with Crippen LogP contribution >= 0.6 is 0 Å². The van der Waals surface area contributed by atoms with Crippen LogP contribution in [0.1, 0.15) is 26.3 Å². The average Bonchev–Trinajstić information content (AvgIpc) is 2.33. The minimum absolute atomic E-state index is 0.0162. The number of carbonyl (C=O) groups is 1. The summed E-state index contributed by atoms with van der Waals surface area (Å²) in [5, 5.41) is 0. The van der Waals surface area contributed by atoms with E-state index in [0.717, 1.165) is 12.1 Å². The Morgan fingerprint density at radius 1 is 1.21 bits per heavy atom. The summed E-state index contributed by atoms with van der Waals surface area (Å²) in [4.78, 5) is 14.5. The molecule has 2 nitrogen and oxygen atoms in total. The lowest BCUT2D eigenvalue weighted by molar-refractivity contribution is -0.121. The molecule has 0 saturated heterocycles. The third kappa shape index (κ3) is 5.39. The molecule has 0 aliphatic carbocycles. The summed E-state index contributed by atoms with van der Waals surface area (Å²) < 4.78 is 0. The van der Waals surface area contributed by atoms with Gasteiger partial charge in [0.1, 0.15) is 0 Å². The van der Waals surface area contributed by atoms with Crippen LogP contribution in [-0.4, -0.2) is 31.3 Å². The zero-order chi connectivity index (χ0) is 14.5. The van der Waals surface area contributed by atoms with Crippen LogP contribution in [0.4, 0.5) is 0 Å². The van der Waals surface area contributed by atoms with Crippen molar-refractivity contribution in [3.63, 3.8) is 0 Å². The van der Waals surface area contributed by atoms with Crippen molar-refractivity contribution in [2.45, 2.75) is 20.8 Å². The molecule has 104 valence electrons. The maximum atomic E-state index is 12.4. The fourth-order valence-corrected chi connectivity index (χ4v) is 2.01. The van der Waals surface area contributed by atoms with E-state index < -0.39 is 0 Å². The Morgan fingerprint density at radius 3 is 2.26 bits per heavy atom. The van der Waals surface area contributed by atoms with Gasteiger partial charge < -0.3 is 4.90 Å². The van der Waals surface area contributed by atoms with Crippen LogP contribution in [0.25, 0.3) is 6.08 Å². The van der Waals surface area contributed by atoms with Gasteiger partial charge in [-0.05, 0) is 31.1 Å². The van der Waals surface area contributed by atoms with E-state index in [0.29, 0.717) is 0 Å². The number of ketones is 1. The van der Waals surface area contributed by atoms with E-state index in [1.807, 2.05) is 50.5 Å². The predicted octanol–water partition coefficient (Wildman–Crippen LogP) is 3.49. The van der Waals surface area contributed by atoms with Crippen molar-refractivity contribution in [1.82, 2.24) is 4.90 Å². The highest BCUT2D eigenvalue weighted by atomic mass is 16.1. The standard InChI is InChI=1S/C17H25NO/c1-17(2,3)15(13-18(4)5)16(19)12-11-14-9-7-6-8-10-14/h6-12,15H,13H2,1-5H3/b12-11+. The maximum Gasteiger partial charge on any atom is 0.160 e. The summed E-state index contributed by atoms with van der Waals surface area (Å²) in [7, 11) is 4.01. The second kappa shape index (κ2) is 6.67. The highest BCUT2D eigenvalue weighted by molar-refractivity contribution is 5.96. The zero-order valence-corrected chi connectivity index (χ0v) is 12.7. The summed E-state index contributed by atoms with van der Waals surface area (Å²) in [6.45, 7) is 7.14. The zero-order valence-electron chi connectivity index (χ0n) is 12.7. The number of allylic oxidation sites excluding steroid dienone is 1. The molecule has 0 bridgehead atoms. The van der Waals surface area contributed by atoms with Gasteiger partial charge in [-0.3, -0.25) is 4.79 Å². The predicted molar refractivity (Wildman–Crippen MR) is 82.0 cm³/mol. The molecule has 1 atom stereocenters. The molecule has 1 aromatic rings. The Balaban J connectivity index is 2.81. The van der Waals surface area contributed by atoms with E-state index in [-0.39, 0.29) is 17.1 Å². The Labute approximate surface area is 117 Å². The van der Waals surface area contributed by atoms with Crippen molar-refractivity contribution >= 4 is 11.9 Å². The molecule has 2 heteroatoms. The van der Waals surface area contributed by atoms with Gasteiger partial charge in [-0.15, -0.1) is 0 Å². The molecule has 0 aliphatic rings. The maximum absolute atomic E-state index is 12.4. The van der Waals surface area contributed by atoms with E-state index in [1.165, 1.54) is 0 Å². The summed E-state index contributed by atoms with van der Waals surface area (Å²) >= 11 is 0. The average molecular weight is 259 g/mol. The Bertz CT molecular complexity index is 426. The van der Waals surface area contributed by atoms with Crippen LogP contribution in [-0.2, 0) is 4.79 Å². The van der Waals surface area contributed by atoms with Gasteiger partial charge in [-0.2, -0.15) is 0 Å². The first-order chi connectivity index (χ1) is 8.80. The smallest absolute Gasteiger partial charge is 0.160 e. The van der Waals surface area contributed by atoms with Crippen molar-refractivity contribution in [2.24, 2.45) is 11.3 Å². The highest BCUT2D eigenvalue weighted by Crippen LogP contribution is 2.27. The number of nitrogens with zero attached hydrogens (tertiary/aromatic N) is 1. The third-order valence-corrected chi connectivity index (χ3v) is 3.18. The molecular formula is C17H25NO. The molecule has 0 radical (unpaired) electrons. The Hall–Kier alpha value is -1.41. The van der Waals surface area contributed by atoms with Crippen LogP contribution in [0.15, 0.2) is 36.4 Å². The lowest BCUT2D eigenvalue weighted by Crippen LogP contribution is -2.36. The van der Waals surface area contributed by atoms with Crippen LogP contribution < -0.4 is 0 Å². The van der Waals surface area contributed by atoms with E-state index in [1.54, 1.807) is 6.08 Å². The fourth-order valence-electron chi connectivity index (χ4n) is 2.01. The van der Waals surface area contributed by atoms with Crippen molar-refractivity contribution in [1.29, 1.82) is 0 Å². The molecule has 1 unspecified atom stereocenters. The van der Waals surface area contributed by atoms with Crippen molar-refractivity contribution in [3.8, 4) is 0 Å². The highest BCUT2D eigenvalue weighted by Gasteiger charge is 2.29. The minimum Gasteiger partial charge on any atom is -0.309 e. The van der Waals surface area contributed by atoms with Gasteiger partial charge in [0.05, 0.1) is 0 Å². The number of hydrogen-bond acceptors (Lipinski definition) is 2. The number of hydrogen-bond donors (Lipinski definition) is 0. The molecule has 0 aliphatic heterocycles. The molecule has 0 amide bonds. The molecular weight excluding hydrogens is 234 g/mol. The van der Waals surface area contributed by atoms with Crippen LogP contribution in [0.5, 0.6) is 0 Å². The van der Waals surface area contributed by atoms with Gasteiger partial charge >= 0.3 is 0 Å². The van der Waals surface area contributed by atoms with Crippen molar-refractivity contribution in [2.75, 3.05) is 20.6 Å². The van der Waals surface area contributed by atoms with E-state index in [9.17, 15) is 4.79 Å². The van der Waals surface area contributed by atoms with Gasteiger partial charge in [0.15, 0.2) is 5.78 Å². The first-order valence-electron chi connectivity index (χ1n) is 6.72. The van der Waals surface area contributed by atoms with Gasteiger partial charge in [-0.25, -0.2) is 0 Å². The molecule has 0 saturated carbocycles. The molecule has 0 fully saturated rings. The molecule has 1 aromatic carbocycles. The first-order valence-corrected chi connectivity index (χ1v) is 6.72. The normalized spacial score (nSPS) is 14.0. The summed E-state index contributed by atoms with van der Waals surface area (Å²) in [6.07, 6.45) is 3.62. The number of carbonyl (C=O) groups excluding carboxylic acids is 1. The fraction of sp³-hybridized carbons (Fsp3) is 0.471. The van der Waals surface area contributed by atoms with Crippen molar-refractivity contribution in [3.05, 3.63) is 42.0 Å². The Kier molecular flexibility index (Phi) is 5.49. The minimum atomic E-state index is -0.0254. The van der Waals surface area contributed by atoms with Gasteiger partial charge in [0.25, 0.3) is 0 Å². The van der Waals surface area contributed by atoms with Crippen LogP contribution in [0, 0.1) is 11.3 Å². The summed E-state index contributed by atoms with van der Waals surface area (Å²) in [5.41, 5.74) is 1.04. The summed E-state index contributed by atoms with van der Waals surface area (Å²) in [5.74, 6) is 0.215. The number of benzene rings is 1. The molecule has 0 aromatic heterocycles. The van der Waals surface area contributed by atoms with E-state index in [2.05, 4.69) is 25.7 Å². The molecule has 0 N–H and O–H groups in total. The quantitative estimate of drug-likeness (QED) is 0.754. The lowest BCUT2D eigenvalue weighted by Gasteiger charge is -2.30. The topological polar surface area (TPSA) is 20.3 Å². The van der Waals surface area contributed by atoms with Gasteiger partial charge in [-0.1, -0.05) is 57.2 Å². The molecule has 0 spiro atoms. The largest absolute Gasteiger partial charge is 0.309 e. The number of rotatable bonds is 5. The molecule has 1 rings (SSSR count). The second-order valence-electron chi connectivity index (χ2n) is 6.33. The van der Waals surface area contributed by atoms with E-state index >= 15 is 0 Å². The third-order valence-electron chi connectivity index (χ3n) is 3.18. The monoisotopic (exact) mass is 259 g/mol. The van der Waals surface area contributed by atoms with Gasteiger partial charge in [0, 0.05) is 12.5 Å². The second-order valence-corrected chi connectivity index (χ2v) is 6.33. The molecule has 0 heterocycles. The Morgan fingerprint density at radius 2 is 1.79 bits per heavy atom. The first kappa shape index (κ1) is 15.6. The summed E-state index contributed by atoms with van der Waals surface area (Å²) in [6, 6.07) is 9.93. The van der Waals surface area contributed by atoms with E-state index in [4.69, 9.17) is 0 Å². The molecule has 19 heavy (non-hydrogen) atoms. The SMILES string of the molecule is CN(C)CC(C(=O)/C=C/c1ccccc1)C(C)(C)C. The van der Waals surface area contributed by atoms with Crippen molar-refractivity contribution < 1.29 is 4.79 Å². The van der Waals surface area contributed by atoms with Gasteiger partial charge in [0.2, 0.25) is 0 Å². The van der Waals surface area contributed by atoms with Crippen LogP contribution in [0.2, 0.25) is 0 Å². The van der Waals surface area contributed by atoms with Crippen LogP contribution in [0.3, 0.4) is 0 Å². The lowest BCUT2D eigenvalue weighted by atomic mass is 9.77.